The van der Waals surface area contributed by atoms with Crippen LogP contribution in [0.3, 0.4) is 0 Å². The molecule has 1 rings (SSSR count). The number of rotatable bonds is 7. The van der Waals surface area contributed by atoms with Crippen LogP contribution in [0.4, 0.5) is 5.69 Å². The van der Waals surface area contributed by atoms with Crippen LogP contribution in [0.1, 0.15) is 36.7 Å². The number of primary amides is 1. The van der Waals surface area contributed by atoms with E-state index in [1.807, 2.05) is 13.8 Å². The zero-order valence-electron chi connectivity index (χ0n) is 12.9. The number of nitrogens with two attached hydrogens (primary N) is 1. The Kier molecular flexibility index (Phi) is 6.37. The lowest BCUT2D eigenvalue weighted by atomic mass is 10.1. The molecule has 0 aliphatic heterocycles. The fourth-order valence-corrected chi connectivity index (χ4v) is 1.78. The van der Waals surface area contributed by atoms with Gasteiger partial charge in [-0.3, -0.25) is 14.4 Å². The van der Waals surface area contributed by atoms with Crippen LogP contribution in [0.5, 0.6) is 0 Å². The van der Waals surface area contributed by atoms with E-state index in [2.05, 4.69) is 10.6 Å². The molecule has 7 nitrogen and oxygen atoms in total. The molecule has 0 bridgehead atoms. The summed E-state index contributed by atoms with van der Waals surface area (Å²) in [5.74, 6) is -1.52. The topological polar surface area (TPSA) is 111 Å². The molecule has 0 aliphatic rings. The second-order valence-corrected chi connectivity index (χ2v) is 5.10. The zero-order chi connectivity index (χ0) is 16.7. The molecule has 0 radical (unpaired) electrons. The van der Waals surface area contributed by atoms with E-state index >= 15 is 0 Å². The Morgan fingerprint density at radius 1 is 1.27 bits per heavy atom. The summed E-state index contributed by atoms with van der Waals surface area (Å²) in [4.78, 5) is 33.9. The number of hydrogen-bond donors (Lipinski definition) is 3. The SMILES string of the molecule is CC(=O)OCc1ccc(NC(C)C)cc1C(=O)NCC(N)=O. The van der Waals surface area contributed by atoms with Gasteiger partial charge in [-0.05, 0) is 26.0 Å². The van der Waals surface area contributed by atoms with Crippen LogP contribution in [0.25, 0.3) is 0 Å². The third-order valence-corrected chi connectivity index (χ3v) is 2.66. The number of benzene rings is 1. The van der Waals surface area contributed by atoms with E-state index in [-0.39, 0.29) is 19.2 Å². The van der Waals surface area contributed by atoms with E-state index in [4.69, 9.17) is 10.5 Å². The lowest BCUT2D eigenvalue weighted by Crippen LogP contribution is -2.33. The lowest BCUT2D eigenvalue weighted by Gasteiger charge is -2.14. The Balaban J connectivity index is 3.01. The van der Waals surface area contributed by atoms with E-state index in [0.29, 0.717) is 11.1 Å². The molecular weight excluding hydrogens is 286 g/mol. The number of nitrogens with one attached hydrogen (secondary N) is 2. The first kappa shape index (κ1) is 17.5. The number of carbonyl (C=O) groups is 3. The molecular formula is C15H21N3O4. The van der Waals surface area contributed by atoms with Gasteiger partial charge >= 0.3 is 5.97 Å². The molecule has 0 spiro atoms. The first-order valence-electron chi connectivity index (χ1n) is 6.89. The molecule has 1 aromatic rings. The van der Waals surface area contributed by atoms with Crippen molar-refractivity contribution in [3.8, 4) is 0 Å². The zero-order valence-corrected chi connectivity index (χ0v) is 12.9. The van der Waals surface area contributed by atoms with Crippen LogP contribution in [0.2, 0.25) is 0 Å². The minimum atomic E-state index is -0.633. The van der Waals surface area contributed by atoms with Crippen molar-refractivity contribution in [3.05, 3.63) is 29.3 Å². The quantitative estimate of drug-likeness (QED) is 0.645. The summed E-state index contributed by atoms with van der Waals surface area (Å²) in [7, 11) is 0. The summed E-state index contributed by atoms with van der Waals surface area (Å²) in [6, 6.07) is 5.34. The fourth-order valence-electron chi connectivity index (χ4n) is 1.78. The summed E-state index contributed by atoms with van der Waals surface area (Å²) in [6.07, 6.45) is 0. The van der Waals surface area contributed by atoms with Crippen molar-refractivity contribution in [2.45, 2.75) is 33.4 Å². The second kappa shape index (κ2) is 8.02. The Hall–Kier alpha value is -2.57. The summed E-state index contributed by atoms with van der Waals surface area (Å²) in [5, 5.41) is 5.60. The fraction of sp³-hybridized carbons (Fsp3) is 0.400. The van der Waals surface area contributed by atoms with Crippen LogP contribution in [0, 0.1) is 0 Å². The number of hydrogen-bond acceptors (Lipinski definition) is 5. The summed E-state index contributed by atoms with van der Waals surface area (Å²) < 4.78 is 4.93. The summed E-state index contributed by atoms with van der Waals surface area (Å²) in [5.41, 5.74) is 6.65. The van der Waals surface area contributed by atoms with Gasteiger partial charge in [0.2, 0.25) is 5.91 Å². The van der Waals surface area contributed by atoms with E-state index in [9.17, 15) is 14.4 Å². The summed E-state index contributed by atoms with van der Waals surface area (Å²) >= 11 is 0. The summed E-state index contributed by atoms with van der Waals surface area (Å²) in [6.45, 7) is 4.96. The second-order valence-electron chi connectivity index (χ2n) is 5.10. The van der Waals surface area contributed by atoms with Crippen molar-refractivity contribution in [3.63, 3.8) is 0 Å². The molecule has 2 amide bonds. The van der Waals surface area contributed by atoms with Gasteiger partial charge in [-0.25, -0.2) is 0 Å². The maximum absolute atomic E-state index is 12.2. The van der Waals surface area contributed by atoms with Gasteiger partial charge in [0.1, 0.15) is 6.61 Å². The molecule has 0 aliphatic carbocycles. The van der Waals surface area contributed by atoms with Crippen LogP contribution < -0.4 is 16.4 Å². The van der Waals surface area contributed by atoms with Gasteiger partial charge in [-0.2, -0.15) is 0 Å². The third-order valence-electron chi connectivity index (χ3n) is 2.66. The normalized spacial score (nSPS) is 10.2. The minimum Gasteiger partial charge on any atom is -0.461 e. The third kappa shape index (κ3) is 5.82. The molecule has 0 saturated heterocycles. The Bertz CT molecular complexity index is 570. The molecule has 1 aromatic carbocycles. The van der Waals surface area contributed by atoms with Crippen LogP contribution >= 0.6 is 0 Å². The van der Waals surface area contributed by atoms with Crippen LogP contribution in [-0.2, 0) is 20.9 Å². The van der Waals surface area contributed by atoms with E-state index < -0.39 is 17.8 Å². The molecule has 0 heterocycles. The molecule has 120 valence electrons. The largest absolute Gasteiger partial charge is 0.461 e. The number of carbonyl (C=O) groups excluding carboxylic acids is 3. The highest BCUT2D eigenvalue weighted by Crippen LogP contribution is 2.18. The number of anilines is 1. The molecule has 0 atom stereocenters. The Morgan fingerprint density at radius 2 is 1.95 bits per heavy atom. The van der Waals surface area contributed by atoms with Gasteiger partial charge in [-0.1, -0.05) is 6.07 Å². The highest BCUT2D eigenvalue weighted by atomic mass is 16.5. The predicted octanol–water partition coefficient (Wildman–Crippen LogP) is 0.785. The number of esters is 1. The van der Waals surface area contributed by atoms with Crippen molar-refractivity contribution in [2.24, 2.45) is 5.73 Å². The minimum absolute atomic E-state index is 0.0172. The van der Waals surface area contributed by atoms with E-state index in [1.54, 1.807) is 18.2 Å². The van der Waals surface area contributed by atoms with Gasteiger partial charge in [-0.15, -0.1) is 0 Å². The standard InChI is InChI=1S/C15H21N3O4/c1-9(2)18-12-5-4-11(8-22-10(3)19)13(6-12)15(21)17-7-14(16)20/h4-6,9,18H,7-8H2,1-3H3,(H2,16,20)(H,17,21). The number of ether oxygens (including phenoxy) is 1. The molecule has 0 saturated carbocycles. The average molecular weight is 307 g/mol. The maximum Gasteiger partial charge on any atom is 0.302 e. The van der Waals surface area contributed by atoms with Crippen molar-refractivity contribution in [1.29, 1.82) is 0 Å². The predicted molar refractivity (Wildman–Crippen MR) is 82.2 cm³/mol. The Labute approximate surface area is 129 Å². The van der Waals surface area contributed by atoms with E-state index in [1.165, 1.54) is 6.92 Å². The molecule has 0 unspecified atom stereocenters. The smallest absolute Gasteiger partial charge is 0.302 e. The van der Waals surface area contributed by atoms with E-state index in [0.717, 1.165) is 5.69 Å². The maximum atomic E-state index is 12.2. The molecule has 4 N–H and O–H groups in total. The molecule has 22 heavy (non-hydrogen) atoms. The van der Waals surface area contributed by atoms with Crippen LogP contribution in [-0.4, -0.2) is 30.4 Å². The van der Waals surface area contributed by atoms with Crippen molar-refractivity contribution in [2.75, 3.05) is 11.9 Å². The first-order valence-corrected chi connectivity index (χ1v) is 6.89. The van der Waals surface area contributed by atoms with Crippen molar-refractivity contribution < 1.29 is 19.1 Å². The highest BCUT2D eigenvalue weighted by Gasteiger charge is 2.14. The lowest BCUT2D eigenvalue weighted by molar-refractivity contribution is -0.142. The molecule has 7 heteroatoms. The highest BCUT2D eigenvalue weighted by molar-refractivity contribution is 5.98. The monoisotopic (exact) mass is 307 g/mol. The van der Waals surface area contributed by atoms with Crippen molar-refractivity contribution >= 4 is 23.5 Å². The van der Waals surface area contributed by atoms with Gasteiger partial charge in [0, 0.05) is 29.8 Å². The van der Waals surface area contributed by atoms with Crippen molar-refractivity contribution in [1.82, 2.24) is 5.32 Å². The first-order chi connectivity index (χ1) is 10.3. The Morgan fingerprint density at radius 3 is 2.50 bits per heavy atom. The average Bonchev–Trinajstić information content (AvgIpc) is 2.42. The molecule has 0 aromatic heterocycles. The van der Waals surface area contributed by atoms with Gasteiger partial charge in [0.05, 0.1) is 6.54 Å². The van der Waals surface area contributed by atoms with Gasteiger partial charge in [0.25, 0.3) is 5.91 Å². The van der Waals surface area contributed by atoms with Gasteiger partial charge < -0.3 is 21.1 Å². The van der Waals surface area contributed by atoms with Crippen LogP contribution in [0.15, 0.2) is 18.2 Å². The number of amides is 2. The van der Waals surface area contributed by atoms with Gasteiger partial charge in [0.15, 0.2) is 0 Å². The molecule has 0 fully saturated rings.